The van der Waals surface area contributed by atoms with Crippen molar-refractivity contribution in [3.05, 3.63) is 22.0 Å². The first-order valence-corrected chi connectivity index (χ1v) is 4.62. The van der Waals surface area contributed by atoms with E-state index < -0.39 is 34.9 Å². The Morgan fingerprint density at radius 1 is 1.56 bits per heavy atom. The van der Waals surface area contributed by atoms with Crippen LogP contribution in [0.1, 0.15) is 10.5 Å². The third kappa shape index (κ3) is 3.18. The highest BCUT2D eigenvalue weighted by Crippen LogP contribution is 2.22. The van der Waals surface area contributed by atoms with Crippen LogP contribution in [-0.2, 0) is 6.54 Å². The molecular weight excluding hydrogens is 257 g/mol. The van der Waals surface area contributed by atoms with Gasteiger partial charge in [0.2, 0.25) is 5.69 Å². The van der Waals surface area contributed by atoms with Crippen LogP contribution in [0.25, 0.3) is 0 Å². The number of hydrogen-bond donors (Lipinski definition) is 0. The minimum absolute atomic E-state index is 0.328. The van der Waals surface area contributed by atoms with E-state index in [-0.39, 0.29) is 0 Å². The maximum Gasteiger partial charge on any atom is 0.408 e. The molecule has 0 spiro atoms. The predicted octanol–water partition coefficient (Wildman–Crippen LogP) is 1.06. The van der Waals surface area contributed by atoms with Crippen LogP contribution in [-0.4, -0.2) is 45.8 Å². The van der Waals surface area contributed by atoms with Gasteiger partial charge in [-0.25, -0.2) is 0 Å². The average Bonchev–Trinajstić information content (AvgIpc) is 2.57. The zero-order valence-electron chi connectivity index (χ0n) is 9.43. The average molecular weight is 266 g/mol. The number of rotatable bonds is 3. The molecule has 0 atom stereocenters. The molecule has 0 radical (unpaired) electrons. The topological polar surface area (TPSA) is 81.3 Å². The van der Waals surface area contributed by atoms with Gasteiger partial charge in [-0.2, -0.15) is 18.3 Å². The fraction of sp³-hybridized carbons (Fsp3) is 0.500. The standard InChI is InChI=1S/C8H9F3N4O3/c1-13(2)7(16)6-5(15(17)18)3-14(12-6)4-8(9,10)11/h3H,4H2,1-2H3. The summed E-state index contributed by atoms with van der Waals surface area (Å²) in [5.74, 6) is -0.831. The lowest BCUT2D eigenvalue weighted by molar-refractivity contribution is -0.385. The lowest BCUT2D eigenvalue weighted by atomic mass is 10.3. The van der Waals surface area contributed by atoms with Crippen LogP contribution in [0.3, 0.4) is 0 Å². The van der Waals surface area contributed by atoms with Crippen molar-refractivity contribution in [2.45, 2.75) is 12.7 Å². The van der Waals surface area contributed by atoms with E-state index in [4.69, 9.17) is 0 Å². The van der Waals surface area contributed by atoms with Crippen molar-refractivity contribution >= 4 is 11.6 Å². The third-order valence-corrected chi connectivity index (χ3v) is 1.89. The van der Waals surface area contributed by atoms with E-state index in [0.29, 0.717) is 10.9 Å². The van der Waals surface area contributed by atoms with Crippen LogP contribution in [0.5, 0.6) is 0 Å². The molecule has 0 fully saturated rings. The highest BCUT2D eigenvalue weighted by molar-refractivity contribution is 5.95. The number of carbonyl (C=O) groups excluding carboxylic acids is 1. The summed E-state index contributed by atoms with van der Waals surface area (Å²) in [7, 11) is 2.63. The van der Waals surface area contributed by atoms with Crippen LogP contribution < -0.4 is 0 Å². The van der Waals surface area contributed by atoms with Gasteiger partial charge in [0.25, 0.3) is 5.91 Å². The summed E-state index contributed by atoms with van der Waals surface area (Å²) >= 11 is 0. The van der Waals surface area contributed by atoms with E-state index in [0.717, 1.165) is 4.90 Å². The largest absolute Gasteiger partial charge is 0.408 e. The number of nitrogens with zero attached hydrogens (tertiary/aromatic N) is 4. The Kier molecular flexibility index (Phi) is 3.58. The Morgan fingerprint density at radius 2 is 2.11 bits per heavy atom. The lowest BCUT2D eigenvalue weighted by Gasteiger charge is -2.07. The summed E-state index contributed by atoms with van der Waals surface area (Å²) in [6.07, 6.45) is -3.98. The molecule has 0 N–H and O–H groups in total. The summed E-state index contributed by atoms with van der Waals surface area (Å²) in [6.45, 7) is -1.49. The maximum atomic E-state index is 12.1. The summed E-state index contributed by atoms with van der Waals surface area (Å²) < 4.78 is 36.7. The Bertz CT molecular complexity index is 480. The van der Waals surface area contributed by atoms with Gasteiger partial charge in [-0.15, -0.1) is 0 Å². The predicted molar refractivity (Wildman–Crippen MR) is 53.0 cm³/mol. The van der Waals surface area contributed by atoms with Crippen molar-refractivity contribution in [3.8, 4) is 0 Å². The lowest BCUT2D eigenvalue weighted by Crippen LogP contribution is -2.24. The Labute approximate surface area is 98.9 Å². The second-order valence-electron chi connectivity index (χ2n) is 3.63. The van der Waals surface area contributed by atoms with E-state index >= 15 is 0 Å². The Balaban J connectivity index is 3.17. The molecule has 0 bridgehead atoms. The SMILES string of the molecule is CN(C)C(=O)c1nn(CC(F)(F)F)cc1[N+](=O)[O-]. The molecule has 0 aliphatic heterocycles. The zero-order chi connectivity index (χ0) is 14.1. The zero-order valence-corrected chi connectivity index (χ0v) is 9.43. The van der Waals surface area contributed by atoms with Crippen LogP contribution in [0.15, 0.2) is 6.20 Å². The number of alkyl halides is 3. The molecule has 0 aliphatic carbocycles. The van der Waals surface area contributed by atoms with Crippen LogP contribution in [0.4, 0.5) is 18.9 Å². The minimum atomic E-state index is -4.57. The van der Waals surface area contributed by atoms with Gasteiger partial charge in [0.1, 0.15) is 12.7 Å². The van der Waals surface area contributed by atoms with Gasteiger partial charge in [0.15, 0.2) is 0 Å². The number of nitro groups is 1. The number of halogens is 3. The molecule has 0 unspecified atom stereocenters. The molecular formula is C8H9F3N4O3. The van der Waals surface area contributed by atoms with E-state index in [9.17, 15) is 28.1 Å². The molecule has 1 aromatic heterocycles. The number of carbonyl (C=O) groups is 1. The van der Waals surface area contributed by atoms with Crippen molar-refractivity contribution in [1.82, 2.24) is 14.7 Å². The molecule has 0 saturated heterocycles. The molecule has 10 heteroatoms. The monoisotopic (exact) mass is 266 g/mol. The Morgan fingerprint density at radius 3 is 2.50 bits per heavy atom. The second-order valence-corrected chi connectivity index (χ2v) is 3.63. The Hall–Kier alpha value is -2.13. The molecule has 0 saturated carbocycles. The molecule has 1 amide bonds. The quantitative estimate of drug-likeness (QED) is 0.605. The first-order valence-electron chi connectivity index (χ1n) is 4.62. The van der Waals surface area contributed by atoms with Crippen molar-refractivity contribution in [2.75, 3.05) is 14.1 Å². The van der Waals surface area contributed by atoms with Crippen molar-refractivity contribution in [3.63, 3.8) is 0 Å². The molecule has 7 nitrogen and oxygen atoms in total. The number of aromatic nitrogens is 2. The summed E-state index contributed by atoms with van der Waals surface area (Å²) in [5.41, 5.74) is -1.37. The van der Waals surface area contributed by atoms with Gasteiger partial charge in [-0.3, -0.25) is 19.6 Å². The highest BCUT2D eigenvalue weighted by atomic mass is 19.4. The van der Waals surface area contributed by atoms with Crippen LogP contribution in [0.2, 0.25) is 0 Å². The molecule has 100 valence electrons. The van der Waals surface area contributed by atoms with E-state index in [1.807, 2.05) is 0 Å². The molecule has 0 aromatic carbocycles. The highest BCUT2D eigenvalue weighted by Gasteiger charge is 2.32. The van der Waals surface area contributed by atoms with Gasteiger partial charge in [0, 0.05) is 14.1 Å². The normalized spacial score (nSPS) is 11.4. The molecule has 18 heavy (non-hydrogen) atoms. The van der Waals surface area contributed by atoms with Gasteiger partial charge in [0.05, 0.1) is 4.92 Å². The van der Waals surface area contributed by atoms with Gasteiger partial charge >= 0.3 is 11.9 Å². The number of hydrogen-bond acceptors (Lipinski definition) is 4. The van der Waals surface area contributed by atoms with Gasteiger partial charge in [-0.05, 0) is 0 Å². The molecule has 1 rings (SSSR count). The molecule has 1 aromatic rings. The first-order chi connectivity index (χ1) is 8.11. The van der Waals surface area contributed by atoms with Crippen LogP contribution >= 0.6 is 0 Å². The second kappa shape index (κ2) is 4.63. The van der Waals surface area contributed by atoms with Crippen molar-refractivity contribution in [2.24, 2.45) is 0 Å². The fourth-order valence-corrected chi connectivity index (χ4v) is 1.17. The minimum Gasteiger partial charge on any atom is -0.343 e. The van der Waals surface area contributed by atoms with E-state index in [1.54, 1.807) is 0 Å². The molecule has 0 aliphatic rings. The number of amides is 1. The maximum absolute atomic E-state index is 12.1. The van der Waals surface area contributed by atoms with E-state index in [2.05, 4.69) is 5.10 Å². The third-order valence-electron chi connectivity index (χ3n) is 1.89. The van der Waals surface area contributed by atoms with Gasteiger partial charge in [-0.1, -0.05) is 0 Å². The van der Waals surface area contributed by atoms with Crippen molar-refractivity contribution < 1.29 is 22.9 Å². The summed E-state index contributed by atoms with van der Waals surface area (Å²) in [4.78, 5) is 22.2. The summed E-state index contributed by atoms with van der Waals surface area (Å²) in [5, 5.41) is 13.9. The van der Waals surface area contributed by atoms with Crippen molar-refractivity contribution in [1.29, 1.82) is 0 Å². The molecule has 1 heterocycles. The summed E-state index contributed by atoms with van der Waals surface area (Å²) in [6, 6.07) is 0. The first kappa shape index (κ1) is 13.9. The van der Waals surface area contributed by atoms with E-state index in [1.165, 1.54) is 14.1 Å². The smallest absolute Gasteiger partial charge is 0.343 e. The fourth-order valence-electron chi connectivity index (χ4n) is 1.17. The van der Waals surface area contributed by atoms with Gasteiger partial charge < -0.3 is 4.90 Å². The van der Waals surface area contributed by atoms with Crippen LogP contribution in [0, 0.1) is 10.1 Å².